The third kappa shape index (κ3) is 5.83. The highest BCUT2D eigenvalue weighted by Crippen LogP contribution is 2.47. The zero-order valence-corrected chi connectivity index (χ0v) is 20.2. The summed E-state index contributed by atoms with van der Waals surface area (Å²) >= 11 is 0. The number of carbonyl (C=O) groups is 2. The molecule has 1 saturated carbocycles. The molecule has 2 atom stereocenters. The van der Waals surface area contributed by atoms with Crippen LogP contribution in [0.2, 0.25) is 0 Å². The average Bonchev–Trinajstić information content (AvgIpc) is 2.76. The predicted molar refractivity (Wildman–Crippen MR) is 127 cm³/mol. The first-order valence-electron chi connectivity index (χ1n) is 11.4. The lowest BCUT2D eigenvalue weighted by atomic mass is 9.62. The molecule has 178 valence electrons. The van der Waals surface area contributed by atoms with Crippen molar-refractivity contribution in [1.29, 1.82) is 0 Å². The van der Waals surface area contributed by atoms with Gasteiger partial charge in [0.15, 0.2) is 17.2 Å². The van der Waals surface area contributed by atoms with Crippen LogP contribution in [0.3, 0.4) is 0 Å². The van der Waals surface area contributed by atoms with E-state index in [9.17, 15) is 14.7 Å². The number of hydrogen-bond acceptors (Lipinski definition) is 5. The normalized spacial score (nSPS) is 21.8. The predicted octanol–water partition coefficient (Wildman–Crippen LogP) is 3.81. The van der Waals surface area contributed by atoms with E-state index in [4.69, 9.17) is 4.74 Å². The third-order valence-electron chi connectivity index (χ3n) is 6.46. The zero-order chi connectivity index (χ0) is 24.2. The minimum absolute atomic E-state index is 0.0780. The van der Waals surface area contributed by atoms with E-state index in [2.05, 4.69) is 36.3 Å². The molecule has 33 heavy (non-hydrogen) atoms. The lowest BCUT2D eigenvalue weighted by molar-refractivity contribution is -0.144. The highest BCUT2D eigenvalue weighted by atomic mass is 16.5. The van der Waals surface area contributed by atoms with Gasteiger partial charge in [-0.2, -0.15) is 0 Å². The molecule has 7 nitrogen and oxygen atoms in total. The maximum atomic E-state index is 13.5. The number of pyridine rings is 1. The van der Waals surface area contributed by atoms with Crippen LogP contribution in [0, 0.1) is 10.8 Å². The Labute approximate surface area is 196 Å². The van der Waals surface area contributed by atoms with E-state index in [0.29, 0.717) is 13.0 Å². The number of hydrogen-bond donors (Lipinski definition) is 2. The molecular formula is C26H35N3O4. The Hall–Kier alpha value is -3.09. The Morgan fingerprint density at radius 2 is 1.88 bits per heavy atom. The molecule has 0 unspecified atom stereocenters. The molecule has 2 aromatic rings. The quantitative estimate of drug-likeness (QED) is 0.665. The molecule has 0 bridgehead atoms. The number of likely N-dealkylation sites (N-methyl/N-ethyl adjacent to an activating group) is 1. The lowest BCUT2D eigenvalue weighted by Crippen LogP contribution is -2.52. The van der Waals surface area contributed by atoms with Crippen LogP contribution >= 0.6 is 0 Å². The standard InChI is InChI=1S/C26H35N3O4/c1-25(2)15-19(28-23(31)21-22(30)20(33-5)11-13-27-21)16-26(3,17-25)24(32)29(4)14-12-18-9-7-6-8-10-18/h6-11,13,19,30H,12,14-17H2,1-5H3,(H,28,31)/t19-,26-/m1/s1. The fourth-order valence-corrected chi connectivity index (χ4v) is 5.27. The number of ether oxygens (including phenoxy) is 1. The second-order valence-electron chi connectivity index (χ2n) is 10.2. The summed E-state index contributed by atoms with van der Waals surface area (Å²) in [5, 5.41) is 13.3. The highest BCUT2D eigenvalue weighted by Gasteiger charge is 2.47. The SMILES string of the molecule is COc1ccnc(C(=O)N[C@@H]2CC(C)(C)C[C@](C)(C(=O)N(C)CCc3ccccc3)C2)c1O. The fourth-order valence-electron chi connectivity index (χ4n) is 5.27. The van der Waals surface area contributed by atoms with Gasteiger partial charge in [-0.25, -0.2) is 4.98 Å². The van der Waals surface area contributed by atoms with Gasteiger partial charge in [-0.1, -0.05) is 51.1 Å². The minimum Gasteiger partial charge on any atom is -0.503 e. The third-order valence-corrected chi connectivity index (χ3v) is 6.46. The van der Waals surface area contributed by atoms with E-state index < -0.39 is 11.3 Å². The van der Waals surface area contributed by atoms with Gasteiger partial charge in [0.25, 0.3) is 5.91 Å². The topological polar surface area (TPSA) is 91.8 Å². The molecule has 0 radical (unpaired) electrons. The first-order valence-corrected chi connectivity index (χ1v) is 11.4. The van der Waals surface area contributed by atoms with Crippen LogP contribution in [0.1, 0.15) is 56.1 Å². The van der Waals surface area contributed by atoms with Gasteiger partial charge < -0.3 is 20.1 Å². The zero-order valence-electron chi connectivity index (χ0n) is 20.2. The molecule has 1 aromatic heterocycles. The number of nitrogens with zero attached hydrogens (tertiary/aromatic N) is 2. The molecule has 0 saturated heterocycles. The summed E-state index contributed by atoms with van der Waals surface area (Å²) in [5.74, 6) is -0.472. The summed E-state index contributed by atoms with van der Waals surface area (Å²) in [6, 6.07) is 11.4. The smallest absolute Gasteiger partial charge is 0.274 e. The molecular weight excluding hydrogens is 418 g/mol. The van der Waals surface area contributed by atoms with Gasteiger partial charge in [-0.05, 0) is 36.7 Å². The van der Waals surface area contributed by atoms with Gasteiger partial charge in [0.2, 0.25) is 5.91 Å². The number of aromatic hydroxyl groups is 1. The molecule has 1 aromatic carbocycles. The number of methoxy groups -OCH3 is 1. The lowest BCUT2D eigenvalue weighted by Gasteiger charge is -2.47. The number of benzene rings is 1. The van der Waals surface area contributed by atoms with Crippen molar-refractivity contribution in [2.75, 3.05) is 20.7 Å². The van der Waals surface area contributed by atoms with Crippen molar-refractivity contribution in [2.24, 2.45) is 10.8 Å². The maximum Gasteiger partial charge on any atom is 0.274 e. The number of aromatic nitrogens is 1. The number of rotatable bonds is 7. The van der Waals surface area contributed by atoms with Gasteiger partial charge in [0.05, 0.1) is 7.11 Å². The van der Waals surface area contributed by atoms with Gasteiger partial charge in [0, 0.05) is 37.3 Å². The van der Waals surface area contributed by atoms with E-state index in [1.165, 1.54) is 24.9 Å². The van der Waals surface area contributed by atoms with Crippen LogP contribution < -0.4 is 10.1 Å². The Kier molecular flexibility index (Phi) is 7.30. The summed E-state index contributed by atoms with van der Waals surface area (Å²) in [6.45, 7) is 6.89. The van der Waals surface area contributed by atoms with Crippen molar-refractivity contribution in [3.63, 3.8) is 0 Å². The molecule has 7 heteroatoms. The molecule has 1 aliphatic carbocycles. The largest absolute Gasteiger partial charge is 0.503 e. The van der Waals surface area contributed by atoms with E-state index in [0.717, 1.165) is 19.3 Å². The summed E-state index contributed by atoms with van der Waals surface area (Å²) in [6.07, 6.45) is 4.22. The van der Waals surface area contributed by atoms with Crippen molar-refractivity contribution in [3.8, 4) is 11.5 Å². The van der Waals surface area contributed by atoms with Crippen molar-refractivity contribution in [3.05, 3.63) is 53.9 Å². The number of nitrogens with one attached hydrogen (secondary N) is 1. The molecule has 0 spiro atoms. The Morgan fingerprint density at radius 1 is 1.18 bits per heavy atom. The second-order valence-corrected chi connectivity index (χ2v) is 10.2. The van der Waals surface area contributed by atoms with Crippen LogP contribution in [0.5, 0.6) is 11.5 Å². The first-order chi connectivity index (χ1) is 15.5. The summed E-state index contributed by atoms with van der Waals surface area (Å²) in [7, 11) is 3.27. The monoisotopic (exact) mass is 453 g/mol. The van der Waals surface area contributed by atoms with Crippen molar-refractivity contribution in [1.82, 2.24) is 15.2 Å². The Morgan fingerprint density at radius 3 is 2.55 bits per heavy atom. The van der Waals surface area contributed by atoms with E-state index in [1.54, 1.807) is 0 Å². The summed E-state index contributed by atoms with van der Waals surface area (Å²) < 4.78 is 5.08. The van der Waals surface area contributed by atoms with E-state index >= 15 is 0 Å². The maximum absolute atomic E-state index is 13.5. The van der Waals surface area contributed by atoms with Gasteiger partial charge in [-0.3, -0.25) is 9.59 Å². The van der Waals surface area contributed by atoms with Crippen LogP contribution in [0.15, 0.2) is 42.6 Å². The van der Waals surface area contributed by atoms with Crippen LogP contribution in [-0.4, -0.2) is 53.5 Å². The van der Waals surface area contributed by atoms with Crippen molar-refractivity contribution in [2.45, 2.75) is 52.5 Å². The summed E-state index contributed by atoms with van der Waals surface area (Å²) in [4.78, 5) is 32.2. The first kappa shape index (κ1) is 24.6. The summed E-state index contributed by atoms with van der Waals surface area (Å²) in [5.41, 5.74) is 0.382. The van der Waals surface area contributed by atoms with Crippen LogP contribution in [0.25, 0.3) is 0 Å². The molecule has 0 aliphatic heterocycles. The fraction of sp³-hybridized carbons (Fsp3) is 0.500. The molecule has 2 amide bonds. The highest BCUT2D eigenvalue weighted by molar-refractivity contribution is 5.95. The Balaban J connectivity index is 1.71. The van der Waals surface area contributed by atoms with Gasteiger partial charge in [0.1, 0.15) is 0 Å². The number of carbonyl (C=O) groups excluding carboxylic acids is 2. The minimum atomic E-state index is -0.602. The molecule has 1 heterocycles. The molecule has 1 fully saturated rings. The number of amides is 2. The molecule has 3 rings (SSSR count). The van der Waals surface area contributed by atoms with Crippen LogP contribution in [0.4, 0.5) is 0 Å². The molecule has 1 aliphatic rings. The van der Waals surface area contributed by atoms with Gasteiger partial charge in [-0.15, -0.1) is 0 Å². The van der Waals surface area contributed by atoms with E-state index in [-0.39, 0.29) is 34.6 Å². The molecule has 2 N–H and O–H groups in total. The van der Waals surface area contributed by atoms with Crippen LogP contribution in [-0.2, 0) is 11.2 Å². The van der Waals surface area contributed by atoms with Crippen molar-refractivity contribution < 1.29 is 19.4 Å². The Bertz CT molecular complexity index is 992. The van der Waals surface area contributed by atoms with Gasteiger partial charge >= 0.3 is 0 Å². The van der Waals surface area contributed by atoms with E-state index in [1.807, 2.05) is 37.1 Å². The average molecular weight is 454 g/mol. The second kappa shape index (κ2) is 9.81. The van der Waals surface area contributed by atoms with Crippen molar-refractivity contribution >= 4 is 11.8 Å².